The molecule has 0 aromatic carbocycles. The van der Waals surface area contributed by atoms with Gasteiger partial charge < -0.3 is 10.2 Å². The number of rotatable bonds is 1. The summed E-state index contributed by atoms with van der Waals surface area (Å²) in [5.41, 5.74) is 2.17. The van der Waals surface area contributed by atoms with Crippen molar-refractivity contribution in [3.05, 3.63) is 29.6 Å². The maximum atomic E-state index is 12.5. The molecule has 0 bridgehead atoms. The maximum absolute atomic E-state index is 12.5. The Hall–Kier alpha value is -0.840. The van der Waals surface area contributed by atoms with E-state index in [0.29, 0.717) is 5.41 Å². The Labute approximate surface area is 144 Å². The van der Waals surface area contributed by atoms with Crippen molar-refractivity contribution >= 4 is 30.7 Å². The molecule has 3 heterocycles. The van der Waals surface area contributed by atoms with Gasteiger partial charge in [0.15, 0.2) is 0 Å². The van der Waals surface area contributed by atoms with Gasteiger partial charge in [0.05, 0.1) is 5.56 Å². The number of aryl methyl sites for hydroxylation is 1. The Bertz CT molecular complexity index is 477. The lowest BCUT2D eigenvalue weighted by molar-refractivity contribution is 0.0495. The molecule has 0 aliphatic carbocycles. The van der Waals surface area contributed by atoms with Crippen molar-refractivity contribution in [2.24, 2.45) is 5.41 Å². The first-order chi connectivity index (χ1) is 9.69. The van der Waals surface area contributed by atoms with Crippen LogP contribution in [0.15, 0.2) is 18.3 Å². The lowest BCUT2D eigenvalue weighted by Crippen LogP contribution is -2.47. The first kappa shape index (κ1) is 19.2. The number of piperidine rings is 2. The van der Waals surface area contributed by atoms with Gasteiger partial charge in [-0.25, -0.2) is 0 Å². The van der Waals surface area contributed by atoms with Crippen LogP contribution in [0.4, 0.5) is 0 Å². The highest BCUT2D eigenvalue weighted by Gasteiger charge is 2.36. The fourth-order valence-corrected chi connectivity index (χ4v) is 3.42. The number of carbonyl (C=O) groups is 1. The maximum Gasteiger partial charge on any atom is 0.255 e. The fraction of sp³-hybridized carbons (Fsp3) is 0.625. The van der Waals surface area contributed by atoms with E-state index in [1.54, 1.807) is 6.20 Å². The van der Waals surface area contributed by atoms with Gasteiger partial charge in [-0.1, -0.05) is 0 Å². The average molecular weight is 346 g/mol. The predicted molar refractivity (Wildman–Crippen MR) is 93.1 cm³/mol. The third-order valence-corrected chi connectivity index (χ3v) is 4.93. The van der Waals surface area contributed by atoms with Crippen LogP contribution in [0.25, 0.3) is 0 Å². The van der Waals surface area contributed by atoms with Gasteiger partial charge >= 0.3 is 0 Å². The second-order valence-electron chi connectivity index (χ2n) is 6.23. The Kier molecular flexibility index (Phi) is 7.10. The van der Waals surface area contributed by atoms with E-state index in [4.69, 9.17) is 0 Å². The van der Waals surface area contributed by atoms with Crippen molar-refractivity contribution in [3.8, 4) is 0 Å². The molecule has 0 atom stereocenters. The quantitative estimate of drug-likeness (QED) is 0.851. The second-order valence-corrected chi connectivity index (χ2v) is 6.23. The van der Waals surface area contributed by atoms with Gasteiger partial charge in [0, 0.05) is 25.0 Å². The van der Waals surface area contributed by atoms with Crippen LogP contribution in [0.5, 0.6) is 0 Å². The van der Waals surface area contributed by atoms with Crippen LogP contribution in [-0.2, 0) is 0 Å². The third-order valence-electron chi connectivity index (χ3n) is 4.93. The first-order valence-corrected chi connectivity index (χ1v) is 7.61. The zero-order valence-corrected chi connectivity index (χ0v) is 14.6. The van der Waals surface area contributed by atoms with Crippen LogP contribution in [0.3, 0.4) is 0 Å². The fourth-order valence-electron chi connectivity index (χ4n) is 3.42. The summed E-state index contributed by atoms with van der Waals surface area (Å²) < 4.78 is 0. The van der Waals surface area contributed by atoms with E-state index in [0.717, 1.165) is 50.3 Å². The summed E-state index contributed by atoms with van der Waals surface area (Å²) in [6, 6.07) is 3.80. The smallest absolute Gasteiger partial charge is 0.255 e. The average Bonchev–Trinajstić information content (AvgIpc) is 2.49. The van der Waals surface area contributed by atoms with E-state index in [9.17, 15) is 4.79 Å². The Morgan fingerprint density at radius 3 is 2.32 bits per heavy atom. The molecule has 2 aliphatic heterocycles. The molecule has 1 aromatic rings. The molecule has 0 saturated carbocycles. The van der Waals surface area contributed by atoms with Gasteiger partial charge in [0.25, 0.3) is 5.91 Å². The van der Waals surface area contributed by atoms with Crippen molar-refractivity contribution < 1.29 is 4.79 Å². The minimum atomic E-state index is 0. The van der Waals surface area contributed by atoms with E-state index < -0.39 is 0 Å². The molecule has 0 unspecified atom stereocenters. The summed E-state index contributed by atoms with van der Waals surface area (Å²) in [5.74, 6) is 0.140. The van der Waals surface area contributed by atoms with Crippen molar-refractivity contribution in [1.29, 1.82) is 0 Å². The Balaban J connectivity index is 0.00000121. The number of hydrogen-bond acceptors (Lipinski definition) is 3. The van der Waals surface area contributed by atoms with Gasteiger partial charge in [-0.15, -0.1) is 24.8 Å². The normalized spacial score (nSPS) is 20.0. The van der Waals surface area contributed by atoms with Crippen LogP contribution in [-0.4, -0.2) is 42.0 Å². The van der Waals surface area contributed by atoms with E-state index in [2.05, 4.69) is 10.3 Å². The number of nitrogens with zero attached hydrogens (tertiary/aromatic N) is 2. The molecule has 0 radical (unpaired) electrons. The highest BCUT2D eigenvalue weighted by atomic mass is 35.5. The summed E-state index contributed by atoms with van der Waals surface area (Å²) in [7, 11) is 0. The second kappa shape index (κ2) is 8.14. The monoisotopic (exact) mass is 345 g/mol. The van der Waals surface area contributed by atoms with E-state index in [-0.39, 0.29) is 30.7 Å². The highest BCUT2D eigenvalue weighted by Crippen LogP contribution is 2.39. The summed E-state index contributed by atoms with van der Waals surface area (Å²) in [5, 5.41) is 3.43. The Morgan fingerprint density at radius 2 is 1.77 bits per heavy atom. The molecule has 1 N–H and O–H groups in total. The molecule has 124 valence electrons. The molecule has 4 nitrogen and oxygen atoms in total. The number of carbonyl (C=O) groups excluding carboxylic acids is 1. The van der Waals surface area contributed by atoms with Gasteiger partial charge in [0.1, 0.15) is 0 Å². The van der Waals surface area contributed by atoms with Gasteiger partial charge in [-0.3, -0.25) is 9.78 Å². The lowest BCUT2D eigenvalue weighted by Gasteiger charge is -2.44. The van der Waals surface area contributed by atoms with Crippen molar-refractivity contribution in [2.45, 2.75) is 32.6 Å². The zero-order valence-electron chi connectivity index (χ0n) is 13.0. The molecule has 6 heteroatoms. The van der Waals surface area contributed by atoms with Gasteiger partial charge in [-0.05, 0) is 63.2 Å². The number of likely N-dealkylation sites (tertiary alicyclic amines) is 1. The number of aromatic nitrogens is 1. The van der Waals surface area contributed by atoms with Crippen molar-refractivity contribution in [1.82, 2.24) is 15.2 Å². The largest absolute Gasteiger partial charge is 0.339 e. The van der Waals surface area contributed by atoms with Gasteiger partial charge in [0.2, 0.25) is 0 Å². The summed E-state index contributed by atoms with van der Waals surface area (Å²) in [4.78, 5) is 18.7. The minimum absolute atomic E-state index is 0. The molecule has 1 amide bonds. The van der Waals surface area contributed by atoms with Gasteiger partial charge in [-0.2, -0.15) is 0 Å². The number of amides is 1. The number of halogens is 2. The summed E-state index contributed by atoms with van der Waals surface area (Å²) in [6.45, 7) is 6.00. The van der Waals surface area contributed by atoms with Crippen LogP contribution in [0, 0.1) is 12.3 Å². The molecule has 1 aromatic heterocycles. The molecular weight excluding hydrogens is 321 g/mol. The number of pyridine rings is 1. The predicted octanol–water partition coefficient (Wildman–Crippen LogP) is 2.84. The number of hydrogen-bond donors (Lipinski definition) is 1. The summed E-state index contributed by atoms with van der Waals surface area (Å²) >= 11 is 0. The molecule has 2 saturated heterocycles. The summed E-state index contributed by atoms with van der Waals surface area (Å²) in [6.07, 6.45) is 6.54. The SMILES string of the molecule is Cc1ccc(C(=O)N2CCC3(CCNCC3)CC2)cn1.Cl.Cl. The molecule has 22 heavy (non-hydrogen) atoms. The third kappa shape index (κ3) is 4.12. The molecule has 1 spiro atoms. The lowest BCUT2D eigenvalue weighted by atomic mass is 9.71. The van der Waals surface area contributed by atoms with Crippen LogP contribution >= 0.6 is 24.8 Å². The van der Waals surface area contributed by atoms with E-state index in [1.807, 2.05) is 24.0 Å². The molecule has 2 fully saturated rings. The van der Waals surface area contributed by atoms with Crippen molar-refractivity contribution in [3.63, 3.8) is 0 Å². The van der Waals surface area contributed by atoms with Crippen molar-refractivity contribution in [2.75, 3.05) is 26.2 Å². The molecule has 3 rings (SSSR count). The van der Waals surface area contributed by atoms with Crippen LogP contribution in [0.1, 0.15) is 41.7 Å². The first-order valence-electron chi connectivity index (χ1n) is 7.61. The topological polar surface area (TPSA) is 45.2 Å². The standard InChI is InChI=1S/C16H23N3O.2ClH/c1-13-2-3-14(12-18-13)15(20)19-10-6-16(7-11-19)4-8-17-9-5-16;;/h2-3,12,17H,4-11H2,1H3;2*1H. The van der Waals surface area contributed by atoms with Crippen LogP contribution < -0.4 is 5.32 Å². The minimum Gasteiger partial charge on any atom is -0.339 e. The highest BCUT2D eigenvalue weighted by molar-refractivity contribution is 5.94. The Morgan fingerprint density at radius 1 is 1.14 bits per heavy atom. The molecular formula is C16H25Cl2N3O. The molecule has 2 aliphatic rings. The van der Waals surface area contributed by atoms with E-state index >= 15 is 0 Å². The number of nitrogens with one attached hydrogen (secondary N) is 1. The van der Waals surface area contributed by atoms with Crippen LogP contribution in [0.2, 0.25) is 0 Å². The van der Waals surface area contributed by atoms with E-state index in [1.165, 1.54) is 12.8 Å². The zero-order chi connectivity index (χ0) is 14.0.